The number of benzene rings is 1. The predicted octanol–water partition coefficient (Wildman–Crippen LogP) is 2.23. The average molecular weight is 405 g/mol. The van der Waals surface area contributed by atoms with Crippen LogP contribution in [0.4, 0.5) is 0 Å². The molecule has 3 N–H and O–H groups in total. The smallest absolute Gasteiger partial charge is 0.252 e. The molecule has 6 nitrogen and oxygen atoms in total. The molecule has 2 heterocycles. The molecule has 1 aliphatic rings. The molecular weight excluding hydrogens is 384 g/mol. The maximum Gasteiger partial charge on any atom is 0.252 e. The Bertz CT molecular complexity index is 785. The highest BCUT2D eigenvalue weighted by molar-refractivity contribution is 9.10. The first-order chi connectivity index (χ1) is 12.0. The van der Waals surface area contributed by atoms with Crippen LogP contribution in [0.15, 0.2) is 34.9 Å². The van der Waals surface area contributed by atoms with Crippen molar-refractivity contribution in [3.8, 4) is 0 Å². The standard InChI is InChI=1S/C18H21BrN4O2/c1-11(13-2-4-14(19)5-3-13)18(25)21-9-12-6-7-23-16(8-12)15(10-22-23)17(20)24/h2-5,10-12H,6-9H2,1H3,(H2,20,24)(H,21,25). The van der Waals surface area contributed by atoms with Crippen LogP contribution in [0.25, 0.3) is 0 Å². The Balaban J connectivity index is 1.58. The second-order valence-electron chi connectivity index (χ2n) is 6.47. The van der Waals surface area contributed by atoms with E-state index >= 15 is 0 Å². The normalized spacial score (nSPS) is 17.6. The van der Waals surface area contributed by atoms with Crippen LogP contribution in [0.3, 0.4) is 0 Å². The third-order valence-corrected chi connectivity index (χ3v) is 5.30. The molecule has 0 radical (unpaired) electrons. The van der Waals surface area contributed by atoms with E-state index < -0.39 is 5.91 Å². The zero-order chi connectivity index (χ0) is 18.0. The quantitative estimate of drug-likeness (QED) is 0.800. The van der Waals surface area contributed by atoms with Crippen molar-refractivity contribution in [1.82, 2.24) is 15.1 Å². The average Bonchev–Trinajstić information content (AvgIpc) is 3.03. The van der Waals surface area contributed by atoms with Crippen molar-refractivity contribution < 1.29 is 9.59 Å². The van der Waals surface area contributed by atoms with Gasteiger partial charge in [0.25, 0.3) is 5.91 Å². The lowest BCUT2D eigenvalue weighted by atomic mass is 9.93. The van der Waals surface area contributed by atoms with Crippen molar-refractivity contribution in [2.45, 2.75) is 32.2 Å². The maximum absolute atomic E-state index is 12.4. The van der Waals surface area contributed by atoms with Gasteiger partial charge in [-0.2, -0.15) is 5.10 Å². The SMILES string of the molecule is CC(C(=O)NCC1CCn2ncc(C(N)=O)c2C1)c1ccc(Br)cc1. The zero-order valence-corrected chi connectivity index (χ0v) is 15.6. The minimum Gasteiger partial charge on any atom is -0.365 e. The molecule has 0 spiro atoms. The van der Waals surface area contributed by atoms with Gasteiger partial charge in [0.15, 0.2) is 0 Å². The summed E-state index contributed by atoms with van der Waals surface area (Å²) in [5, 5.41) is 7.25. The third kappa shape index (κ3) is 3.92. The second kappa shape index (κ2) is 7.39. The van der Waals surface area contributed by atoms with Crippen LogP contribution in [-0.2, 0) is 17.8 Å². The highest BCUT2D eigenvalue weighted by Gasteiger charge is 2.25. The molecule has 7 heteroatoms. The molecule has 3 rings (SSSR count). The van der Waals surface area contributed by atoms with Gasteiger partial charge in [-0.25, -0.2) is 0 Å². The molecule has 0 saturated carbocycles. The minimum atomic E-state index is -0.449. The minimum absolute atomic E-state index is 0.0107. The molecule has 1 aromatic carbocycles. The number of halogens is 1. The number of hydrogen-bond donors (Lipinski definition) is 2. The van der Waals surface area contributed by atoms with Gasteiger partial charge in [0, 0.05) is 17.6 Å². The van der Waals surface area contributed by atoms with E-state index in [1.807, 2.05) is 35.9 Å². The largest absolute Gasteiger partial charge is 0.365 e. The van der Waals surface area contributed by atoms with Crippen molar-refractivity contribution in [2.75, 3.05) is 6.54 Å². The number of nitrogens with zero attached hydrogens (tertiary/aromatic N) is 2. The van der Waals surface area contributed by atoms with Gasteiger partial charge >= 0.3 is 0 Å². The van der Waals surface area contributed by atoms with Crippen molar-refractivity contribution in [3.05, 3.63) is 51.8 Å². The Kier molecular flexibility index (Phi) is 5.22. The van der Waals surface area contributed by atoms with Gasteiger partial charge in [0.1, 0.15) is 0 Å². The Morgan fingerprint density at radius 1 is 1.40 bits per heavy atom. The number of rotatable bonds is 5. The molecule has 2 atom stereocenters. The van der Waals surface area contributed by atoms with Crippen LogP contribution in [0, 0.1) is 5.92 Å². The van der Waals surface area contributed by atoms with Crippen LogP contribution in [0.5, 0.6) is 0 Å². The lowest BCUT2D eigenvalue weighted by molar-refractivity contribution is -0.122. The molecule has 0 saturated heterocycles. The van der Waals surface area contributed by atoms with Gasteiger partial charge in [0.05, 0.1) is 23.4 Å². The number of aromatic nitrogens is 2. The lowest BCUT2D eigenvalue weighted by Gasteiger charge is -2.24. The summed E-state index contributed by atoms with van der Waals surface area (Å²) in [7, 11) is 0. The fraction of sp³-hybridized carbons (Fsp3) is 0.389. The second-order valence-corrected chi connectivity index (χ2v) is 7.39. The number of carbonyl (C=O) groups excluding carboxylic acids is 2. The molecule has 1 aromatic heterocycles. The first-order valence-electron chi connectivity index (χ1n) is 8.33. The summed E-state index contributed by atoms with van der Waals surface area (Å²) in [6, 6.07) is 7.78. The molecule has 2 aromatic rings. The van der Waals surface area contributed by atoms with Gasteiger partial charge in [-0.1, -0.05) is 28.1 Å². The van der Waals surface area contributed by atoms with E-state index in [4.69, 9.17) is 5.73 Å². The molecule has 132 valence electrons. The first-order valence-corrected chi connectivity index (χ1v) is 9.12. The van der Waals surface area contributed by atoms with E-state index in [-0.39, 0.29) is 17.7 Å². The van der Waals surface area contributed by atoms with E-state index in [0.717, 1.165) is 28.7 Å². The summed E-state index contributed by atoms with van der Waals surface area (Å²) in [6.45, 7) is 3.23. The fourth-order valence-electron chi connectivity index (χ4n) is 3.18. The van der Waals surface area contributed by atoms with Crippen LogP contribution in [-0.4, -0.2) is 28.1 Å². The number of primary amides is 1. The predicted molar refractivity (Wildman–Crippen MR) is 98.1 cm³/mol. The summed E-state index contributed by atoms with van der Waals surface area (Å²) in [4.78, 5) is 23.9. The van der Waals surface area contributed by atoms with E-state index in [1.165, 1.54) is 6.20 Å². The van der Waals surface area contributed by atoms with Gasteiger partial charge in [-0.05, 0) is 43.4 Å². The Morgan fingerprint density at radius 3 is 2.80 bits per heavy atom. The molecule has 1 aliphatic heterocycles. The first kappa shape index (κ1) is 17.7. The summed E-state index contributed by atoms with van der Waals surface area (Å²) in [5.41, 5.74) is 7.74. The molecule has 0 fully saturated rings. The Labute approximate surface area is 154 Å². The van der Waals surface area contributed by atoms with Crippen molar-refractivity contribution in [3.63, 3.8) is 0 Å². The van der Waals surface area contributed by atoms with Crippen molar-refractivity contribution in [1.29, 1.82) is 0 Å². The lowest BCUT2D eigenvalue weighted by Crippen LogP contribution is -2.35. The number of nitrogens with one attached hydrogen (secondary N) is 1. The van der Waals surface area contributed by atoms with E-state index in [9.17, 15) is 9.59 Å². The Morgan fingerprint density at radius 2 is 2.12 bits per heavy atom. The fourth-order valence-corrected chi connectivity index (χ4v) is 3.44. The van der Waals surface area contributed by atoms with E-state index in [0.29, 0.717) is 18.5 Å². The molecular formula is C18H21BrN4O2. The summed E-state index contributed by atoms with van der Waals surface area (Å²) in [5.74, 6) is -0.363. The van der Waals surface area contributed by atoms with Crippen LogP contribution < -0.4 is 11.1 Å². The number of aryl methyl sites for hydroxylation is 1. The maximum atomic E-state index is 12.4. The number of carbonyl (C=O) groups is 2. The number of hydrogen-bond acceptors (Lipinski definition) is 3. The Hall–Kier alpha value is -2.15. The number of amides is 2. The highest BCUT2D eigenvalue weighted by Crippen LogP contribution is 2.23. The molecule has 25 heavy (non-hydrogen) atoms. The topological polar surface area (TPSA) is 90.0 Å². The monoisotopic (exact) mass is 404 g/mol. The van der Waals surface area contributed by atoms with Gasteiger partial charge in [0.2, 0.25) is 5.91 Å². The number of fused-ring (bicyclic) bond motifs is 1. The summed E-state index contributed by atoms with van der Waals surface area (Å²) in [6.07, 6.45) is 3.15. The summed E-state index contributed by atoms with van der Waals surface area (Å²) < 4.78 is 2.83. The van der Waals surface area contributed by atoms with Crippen LogP contribution in [0.1, 0.15) is 40.9 Å². The highest BCUT2D eigenvalue weighted by atomic mass is 79.9. The van der Waals surface area contributed by atoms with Gasteiger partial charge in [-0.15, -0.1) is 0 Å². The van der Waals surface area contributed by atoms with E-state index in [1.54, 1.807) is 0 Å². The molecule has 0 aliphatic carbocycles. The van der Waals surface area contributed by atoms with Gasteiger partial charge < -0.3 is 11.1 Å². The van der Waals surface area contributed by atoms with E-state index in [2.05, 4.69) is 26.3 Å². The molecule has 2 amide bonds. The van der Waals surface area contributed by atoms with Crippen LogP contribution in [0.2, 0.25) is 0 Å². The molecule has 2 unspecified atom stereocenters. The van der Waals surface area contributed by atoms with Crippen LogP contribution >= 0.6 is 15.9 Å². The van der Waals surface area contributed by atoms with Crippen molar-refractivity contribution >= 4 is 27.7 Å². The number of nitrogens with two attached hydrogens (primary N) is 1. The van der Waals surface area contributed by atoms with Gasteiger partial charge in [-0.3, -0.25) is 14.3 Å². The summed E-state index contributed by atoms with van der Waals surface area (Å²) >= 11 is 3.40. The third-order valence-electron chi connectivity index (χ3n) is 4.77. The zero-order valence-electron chi connectivity index (χ0n) is 14.0. The van der Waals surface area contributed by atoms with Crippen molar-refractivity contribution in [2.24, 2.45) is 11.7 Å². The molecule has 0 bridgehead atoms.